The zero-order valence-electron chi connectivity index (χ0n) is 9.03. The Balaban J connectivity index is 2.17. The zero-order valence-corrected chi connectivity index (χ0v) is 10.6. The van der Waals surface area contributed by atoms with Crippen LogP contribution in [0.1, 0.15) is 23.6 Å². The molecule has 3 nitrogen and oxygen atoms in total. The quantitative estimate of drug-likeness (QED) is 0.877. The minimum Gasteiger partial charge on any atom is -0.481 e. The third-order valence-electron chi connectivity index (χ3n) is 3.09. The van der Waals surface area contributed by atoms with Crippen molar-refractivity contribution in [1.82, 2.24) is 5.32 Å². The van der Waals surface area contributed by atoms with Gasteiger partial charge in [0.1, 0.15) is 0 Å². The van der Waals surface area contributed by atoms with Gasteiger partial charge in [-0.3, -0.25) is 4.79 Å². The second-order valence-electron chi connectivity index (χ2n) is 4.23. The number of carboxylic acid groups (broad SMARTS) is 1. The SMILES string of the molecule is Cc1cc(Br)ccc1C1CC(C(=O)O)CN1. The number of aryl methyl sites for hydroxylation is 1. The molecule has 0 radical (unpaired) electrons. The van der Waals surface area contributed by atoms with Crippen LogP contribution < -0.4 is 5.32 Å². The normalized spacial score (nSPS) is 24.6. The summed E-state index contributed by atoms with van der Waals surface area (Å²) in [5.74, 6) is -0.960. The lowest BCUT2D eigenvalue weighted by molar-refractivity contribution is -0.141. The monoisotopic (exact) mass is 283 g/mol. The van der Waals surface area contributed by atoms with Gasteiger partial charge >= 0.3 is 5.97 Å². The summed E-state index contributed by atoms with van der Waals surface area (Å²) in [6.45, 7) is 2.62. The van der Waals surface area contributed by atoms with Gasteiger partial charge in [0, 0.05) is 17.1 Å². The van der Waals surface area contributed by atoms with E-state index in [2.05, 4.69) is 40.3 Å². The average molecular weight is 284 g/mol. The first-order valence-electron chi connectivity index (χ1n) is 5.30. The van der Waals surface area contributed by atoms with Gasteiger partial charge in [0.2, 0.25) is 0 Å². The number of hydrogen-bond acceptors (Lipinski definition) is 2. The smallest absolute Gasteiger partial charge is 0.307 e. The topological polar surface area (TPSA) is 49.3 Å². The molecular formula is C12H14BrNO2. The summed E-state index contributed by atoms with van der Waals surface area (Å²) >= 11 is 3.43. The molecule has 0 amide bonds. The van der Waals surface area contributed by atoms with Gasteiger partial charge in [-0.25, -0.2) is 0 Å². The summed E-state index contributed by atoms with van der Waals surface area (Å²) in [5.41, 5.74) is 2.39. The summed E-state index contributed by atoms with van der Waals surface area (Å²) in [4.78, 5) is 10.9. The number of halogens is 1. The molecule has 4 heteroatoms. The van der Waals surface area contributed by atoms with E-state index in [1.165, 1.54) is 11.1 Å². The van der Waals surface area contributed by atoms with Crippen LogP contribution in [-0.4, -0.2) is 17.6 Å². The highest BCUT2D eigenvalue weighted by Gasteiger charge is 2.30. The van der Waals surface area contributed by atoms with Crippen LogP contribution in [-0.2, 0) is 4.79 Å². The molecule has 1 saturated heterocycles. The lowest BCUT2D eigenvalue weighted by atomic mass is 9.97. The van der Waals surface area contributed by atoms with Crippen molar-refractivity contribution in [3.8, 4) is 0 Å². The predicted molar refractivity (Wildman–Crippen MR) is 65.4 cm³/mol. The standard InChI is InChI=1S/C12H14BrNO2/c1-7-4-9(13)2-3-10(7)11-5-8(6-14-11)12(15)16/h2-4,8,11,14H,5-6H2,1H3,(H,15,16). The first-order valence-corrected chi connectivity index (χ1v) is 6.09. The minimum atomic E-state index is -0.704. The van der Waals surface area contributed by atoms with E-state index in [1.54, 1.807) is 0 Å². The number of aliphatic carboxylic acids is 1. The van der Waals surface area contributed by atoms with Crippen molar-refractivity contribution < 1.29 is 9.90 Å². The van der Waals surface area contributed by atoms with Crippen molar-refractivity contribution in [1.29, 1.82) is 0 Å². The summed E-state index contributed by atoms with van der Waals surface area (Å²) in [5, 5.41) is 12.2. The number of carbonyl (C=O) groups is 1. The molecule has 1 aliphatic rings. The molecular weight excluding hydrogens is 270 g/mol. The minimum absolute atomic E-state index is 0.175. The van der Waals surface area contributed by atoms with Gasteiger partial charge in [-0.1, -0.05) is 22.0 Å². The van der Waals surface area contributed by atoms with Gasteiger partial charge in [0.25, 0.3) is 0 Å². The fourth-order valence-electron chi connectivity index (χ4n) is 2.19. The molecule has 86 valence electrons. The zero-order chi connectivity index (χ0) is 11.7. The summed E-state index contributed by atoms with van der Waals surface area (Å²) in [6.07, 6.45) is 0.678. The van der Waals surface area contributed by atoms with Crippen molar-refractivity contribution in [3.05, 3.63) is 33.8 Å². The van der Waals surface area contributed by atoms with Crippen LogP contribution in [0.4, 0.5) is 0 Å². The first-order chi connectivity index (χ1) is 7.58. The van der Waals surface area contributed by atoms with Gasteiger partial charge in [-0.2, -0.15) is 0 Å². The highest BCUT2D eigenvalue weighted by Crippen LogP contribution is 2.30. The van der Waals surface area contributed by atoms with E-state index in [0.717, 1.165) is 4.47 Å². The molecule has 1 aliphatic heterocycles. The number of hydrogen-bond donors (Lipinski definition) is 2. The number of carboxylic acids is 1. The van der Waals surface area contributed by atoms with Gasteiger partial charge < -0.3 is 10.4 Å². The van der Waals surface area contributed by atoms with E-state index in [-0.39, 0.29) is 12.0 Å². The van der Waals surface area contributed by atoms with Crippen LogP contribution in [0.25, 0.3) is 0 Å². The van der Waals surface area contributed by atoms with E-state index in [1.807, 2.05) is 6.07 Å². The Morgan fingerprint density at radius 1 is 1.56 bits per heavy atom. The lowest BCUT2D eigenvalue weighted by Crippen LogP contribution is -2.17. The lowest BCUT2D eigenvalue weighted by Gasteiger charge is -2.13. The van der Waals surface area contributed by atoms with Crippen molar-refractivity contribution in [2.75, 3.05) is 6.54 Å². The van der Waals surface area contributed by atoms with Gasteiger partial charge in [0.05, 0.1) is 5.92 Å². The Morgan fingerprint density at radius 3 is 2.88 bits per heavy atom. The molecule has 0 aliphatic carbocycles. The fourth-order valence-corrected chi connectivity index (χ4v) is 2.67. The molecule has 0 bridgehead atoms. The van der Waals surface area contributed by atoms with Crippen LogP contribution in [0, 0.1) is 12.8 Å². The Hall–Kier alpha value is -0.870. The Bertz CT molecular complexity index is 419. The van der Waals surface area contributed by atoms with Crippen molar-refractivity contribution >= 4 is 21.9 Å². The van der Waals surface area contributed by atoms with E-state index < -0.39 is 5.97 Å². The number of nitrogens with one attached hydrogen (secondary N) is 1. The third-order valence-corrected chi connectivity index (χ3v) is 3.58. The second-order valence-corrected chi connectivity index (χ2v) is 5.15. The Morgan fingerprint density at radius 2 is 2.31 bits per heavy atom. The highest BCUT2D eigenvalue weighted by atomic mass is 79.9. The van der Waals surface area contributed by atoms with Gasteiger partial charge in [0.15, 0.2) is 0 Å². The largest absolute Gasteiger partial charge is 0.481 e. The van der Waals surface area contributed by atoms with Crippen LogP contribution in [0.3, 0.4) is 0 Å². The highest BCUT2D eigenvalue weighted by molar-refractivity contribution is 9.10. The van der Waals surface area contributed by atoms with E-state index in [4.69, 9.17) is 5.11 Å². The maximum absolute atomic E-state index is 10.9. The van der Waals surface area contributed by atoms with Gasteiger partial charge in [-0.05, 0) is 36.6 Å². The fraction of sp³-hybridized carbons (Fsp3) is 0.417. The second kappa shape index (κ2) is 4.55. The van der Waals surface area contributed by atoms with Crippen LogP contribution in [0.15, 0.2) is 22.7 Å². The Labute approximate surface area is 103 Å². The molecule has 16 heavy (non-hydrogen) atoms. The molecule has 2 rings (SSSR count). The molecule has 1 aromatic carbocycles. The van der Waals surface area contributed by atoms with Crippen LogP contribution in [0.2, 0.25) is 0 Å². The summed E-state index contributed by atoms with van der Waals surface area (Å²) in [6, 6.07) is 6.29. The summed E-state index contributed by atoms with van der Waals surface area (Å²) in [7, 11) is 0. The molecule has 0 aromatic heterocycles. The molecule has 1 heterocycles. The first kappa shape index (κ1) is 11.6. The number of rotatable bonds is 2. The molecule has 0 saturated carbocycles. The molecule has 1 fully saturated rings. The van der Waals surface area contributed by atoms with Crippen molar-refractivity contribution in [2.24, 2.45) is 5.92 Å². The maximum atomic E-state index is 10.9. The molecule has 2 atom stereocenters. The predicted octanol–water partition coefficient (Wildman–Crippen LogP) is 2.49. The maximum Gasteiger partial charge on any atom is 0.307 e. The van der Waals surface area contributed by atoms with Crippen LogP contribution in [0.5, 0.6) is 0 Å². The van der Waals surface area contributed by atoms with E-state index in [9.17, 15) is 4.79 Å². The molecule has 2 unspecified atom stereocenters. The average Bonchev–Trinajstić information content (AvgIpc) is 2.66. The van der Waals surface area contributed by atoms with E-state index >= 15 is 0 Å². The third kappa shape index (κ3) is 2.28. The summed E-state index contributed by atoms with van der Waals surface area (Å²) < 4.78 is 1.06. The molecule has 0 spiro atoms. The van der Waals surface area contributed by atoms with Crippen molar-refractivity contribution in [2.45, 2.75) is 19.4 Å². The van der Waals surface area contributed by atoms with Crippen molar-refractivity contribution in [3.63, 3.8) is 0 Å². The van der Waals surface area contributed by atoms with E-state index in [0.29, 0.717) is 13.0 Å². The van der Waals surface area contributed by atoms with Gasteiger partial charge in [-0.15, -0.1) is 0 Å². The molecule has 1 aromatic rings. The number of benzene rings is 1. The van der Waals surface area contributed by atoms with Crippen LogP contribution >= 0.6 is 15.9 Å². The Kier molecular flexibility index (Phi) is 3.30. The molecule has 2 N–H and O–H groups in total.